The summed E-state index contributed by atoms with van der Waals surface area (Å²) in [6.07, 6.45) is 1.82. The lowest BCUT2D eigenvalue weighted by molar-refractivity contribution is 0.668. The van der Waals surface area contributed by atoms with Crippen LogP contribution in [0.1, 0.15) is 0 Å². The Hall–Kier alpha value is -6.46. The first-order chi connectivity index (χ1) is 23.3. The van der Waals surface area contributed by atoms with Crippen molar-refractivity contribution in [2.75, 3.05) is 0 Å². The molecule has 0 amide bonds. The van der Waals surface area contributed by atoms with Crippen molar-refractivity contribution in [3.8, 4) is 56.5 Å². The second-order valence-corrected chi connectivity index (χ2v) is 11.5. The standard InChI is InChI=1S/C42H26N4O/c1-3-10-27(11-4-1)40-44-41(28-12-5-2-6-13-28)46-42(45-40)34-15-9-14-29(26-34)30-18-19-32-25-33(21-20-31(32)24-30)39-38-35-16-7-8-17-36(35)47-37(38)22-23-43-39/h1-26H. The van der Waals surface area contributed by atoms with Crippen LogP contribution in [0.4, 0.5) is 0 Å². The highest BCUT2D eigenvalue weighted by molar-refractivity contribution is 6.11. The Labute approximate surface area is 270 Å². The van der Waals surface area contributed by atoms with Crippen molar-refractivity contribution in [2.45, 2.75) is 0 Å². The van der Waals surface area contributed by atoms with E-state index in [4.69, 9.17) is 24.4 Å². The fourth-order valence-electron chi connectivity index (χ4n) is 6.24. The Morgan fingerprint density at radius 3 is 1.66 bits per heavy atom. The number of aromatic nitrogens is 4. The van der Waals surface area contributed by atoms with Crippen LogP contribution in [0.5, 0.6) is 0 Å². The van der Waals surface area contributed by atoms with Crippen molar-refractivity contribution in [3.05, 3.63) is 158 Å². The lowest BCUT2D eigenvalue weighted by Gasteiger charge is -2.10. The molecule has 9 rings (SSSR count). The SMILES string of the molecule is c1ccc(-c2nc(-c3ccccc3)nc(-c3cccc(-c4ccc5cc(-c6nccc7oc8ccccc8c67)ccc5c4)c3)n2)cc1. The van der Waals surface area contributed by atoms with E-state index in [1.54, 1.807) is 0 Å². The summed E-state index contributed by atoms with van der Waals surface area (Å²) >= 11 is 0. The molecule has 0 saturated carbocycles. The van der Waals surface area contributed by atoms with Crippen molar-refractivity contribution in [2.24, 2.45) is 0 Å². The average molecular weight is 603 g/mol. The van der Waals surface area contributed by atoms with Gasteiger partial charge in [-0.1, -0.05) is 121 Å². The fraction of sp³-hybridized carbons (Fsp3) is 0. The Bertz CT molecular complexity index is 2520. The normalized spacial score (nSPS) is 11.4. The third-order valence-electron chi connectivity index (χ3n) is 8.56. The van der Waals surface area contributed by atoms with Gasteiger partial charge in [0.2, 0.25) is 0 Å². The van der Waals surface area contributed by atoms with Gasteiger partial charge in [0.15, 0.2) is 17.5 Å². The zero-order chi connectivity index (χ0) is 31.2. The summed E-state index contributed by atoms with van der Waals surface area (Å²) in [6.45, 7) is 0. The molecule has 0 aliphatic rings. The lowest BCUT2D eigenvalue weighted by atomic mass is 9.97. The number of hydrogen-bond acceptors (Lipinski definition) is 5. The molecule has 220 valence electrons. The summed E-state index contributed by atoms with van der Waals surface area (Å²) in [5, 5.41) is 4.41. The van der Waals surface area contributed by atoms with E-state index < -0.39 is 0 Å². The summed E-state index contributed by atoms with van der Waals surface area (Å²) in [5.41, 5.74) is 8.74. The van der Waals surface area contributed by atoms with Gasteiger partial charge in [-0.05, 0) is 52.2 Å². The number of rotatable bonds is 5. The monoisotopic (exact) mass is 602 g/mol. The molecule has 0 fully saturated rings. The number of fused-ring (bicyclic) bond motifs is 4. The molecule has 0 bridgehead atoms. The highest BCUT2D eigenvalue weighted by atomic mass is 16.3. The first-order valence-electron chi connectivity index (χ1n) is 15.5. The van der Waals surface area contributed by atoms with Gasteiger partial charge in [-0.15, -0.1) is 0 Å². The maximum absolute atomic E-state index is 6.11. The largest absolute Gasteiger partial charge is 0.456 e. The van der Waals surface area contributed by atoms with Crippen molar-refractivity contribution < 1.29 is 4.42 Å². The van der Waals surface area contributed by atoms with E-state index >= 15 is 0 Å². The summed E-state index contributed by atoms with van der Waals surface area (Å²) in [4.78, 5) is 19.5. The predicted molar refractivity (Wildman–Crippen MR) is 190 cm³/mol. The molecule has 5 nitrogen and oxygen atoms in total. The highest BCUT2D eigenvalue weighted by Gasteiger charge is 2.15. The van der Waals surface area contributed by atoms with Crippen LogP contribution in [0.3, 0.4) is 0 Å². The summed E-state index contributed by atoms with van der Waals surface area (Å²) in [5.74, 6) is 1.93. The molecule has 5 heteroatoms. The molecule has 9 aromatic rings. The maximum Gasteiger partial charge on any atom is 0.164 e. The van der Waals surface area contributed by atoms with Crippen LogP contribution in [-0.2, 0) is 0 Å². The van der Waals surface area contributed by atoms with Crippen LogP contribution in [-0.4, -0.2) is 19.9 Å². The molecule has 47 heavy (non-hydrogen) atoms. The number of nitrogens with zero attached hydrogens (tertiary/aromatic N) is 4. The first kappa shape index (κ1) is 26.9. The molecule has 0 spiro atoms. The van der Waals surface area contributed by atoms with Gasteiger partial charge in [0.25, 0.3) is 0 Å². The molecule has 3 heterocycles. The van der Waals surface area contributed by atoms with Crippen molar-refractivity contribution >= 4 is 32.7 Å². The molecule has 0 aliphatic carbocycles. The number of hydrogen-bond donors (Lipinski definition) is 0. The van der Waals surface area contributed by atoms with E-state index in [9.17, 15) is 0 Å². The number of furan rings is 1. The van der Waals surface area contributed by atoms with Gasteiger partial charge in [0.1, 0.15) is 11.2 Å². The molecule has 0 atom stereocenters. The second-order valence-electron chi connectivity index (χ2n) is 11.5. The third kappa shape index (κ3) is 4.91. The van der Waals surface area contributed by atoms with Crippen molar-refractivity contribution in [1.82, 2.24) is 19.9 Å². The molecular weight excluding hydrogens is 576 g/mol. The molecule has 0 radical (unpaired) electrons. The van der Waals surface area contributed by atoms with Crippen LogP contribution in [0.15, 0.2) is 162 Å². The van der Waals surface area contributed by atoms with Gasteiger partial charge in [0.05, 0.1) is 11.1 Å². The molecule has 0 N–H and O–H groups in total. The van der Waals surface area contributed by atoms with Crippen LogP contribution in [0.2, 0.25) is 0 Å². The van der Waals surface area contributed by atoms with Gasteiger partial charge in [-0.3, -0.25) is 4.98 Å². The molecule has 0 aliphatic heterocycles. The van der Waals surface area contributed by atoms with Gasteiger partial charge >= 0.3 is 0 Å². The van der Waals surface area contributed by atoms with Crippen LogP contribution >= 0.6 is 0 Å². The second kappa shape index (κ2) is 11.2. The maximum atomic E-state index is 6.11. The van der Waals surface area contributed by atoms with Crippen molar-refractivity contribution in [3.63, 3.8) is 0 Å². The summed E-state index contributed by atoms with van der Waals surface area (Å²) in [7, 11) is 0. The van der Waals surface area contributed by atoms with E-state index in [0.717, 1.165) is 71.8 Å². The number of pyridine rings is 1. The zero-order valence-corrected chi connectivity index (χ0v) is 25.2. The highest BCUT2D eigenvalue weighted by Crippen LogP contribution is 2.37. The summed E-state index contributed by atoms with van der Waals surface area (Å²) < 4.78 is 6.11. The third-order valence-corrected chi connectivity index (χ3v) is 8.56. The Morgan fingerprint density at radius 2 is 0.936 bits per heavy atom. The van der Waals surface area contributed by atoms with Crippen molar-refractivity contribution in [1.29, 1.82) is 0 Å². The van der Waals surface area contributed by atoms with Crippen LogP contribution in [0.25, 0.3) is 89.3 Å². The van der Waals surface area contributed by atoms with Crippen LogP contribution in [0, 0.1) is 0 Å². The Kier molecular flexibility index (Phi) is 6.39. The van der Waals surface area contributed by atoms with E-state index in [1.807, 2.05) is 91.1 Å². The molecular formula is C42H26N4O. The van der Waals surface area contributed by atoms with Gasteiger partial charge in [-0.25, -0.2) is 15.0 Å². The number of para-hydroxylation sites is 1. The van der Waals surface area contributed by atoms with Gasteiger partial charge < -0.3 is 4.42 Å². The number of benzene rings is 6. The Morgan fingerprint density at radius 1 is 0.383 bits per heavy atom. The minimum Gasteiger partial charge on any atom is -0.456 e. The molecule has 0 saturated heterocycles. The van der Waals surface area contributed by atoms with Gasteiger partial charge in [-0.2, -0.15) is 0 Å². The first-order valence-corrected chi connectivity index (χ1v) is 15.5. The smallest absolute Gasteiger partial charge is 0.164 e. The Balaban J connectivity index is 1.10. The van der Waals surface area contributed by atoms with Gasteiger partial charge in [0, 0.05) is 33.8 Å². The van der Waals surface area contributed by atoms with E-state index in [1.165, 1.54) is 0 Å². The molecule has 6 aromatic carbocycles. The minimum absolute atomic E-state index is 0.637. The molecule has 0 unspecified atom stereocenters. The average Bonchev–Trinajstić information content (AvgIpc) is 3.54. The fourth-order valence-corrected chi connectivity index (χ4v) is 6.24. The summed E-state index contributed by atoms with van der Waals surface area (Å²) in [6, 6.07) is 51.7. The van der Waals surface area contributed by atoms with E-state index in [2.05, 4.69) is 66.7 Å². The van der Waals surface area contributed by atoms with Crippen LogP contribution < -0.4 is 0 Å². The predicted octanol–water partition coefficient (Wildman–Crippen LogP) is 10.7. The van der Waals surface area contributed by atoms with E-state index in [0.29, 0.717) is 17.5 Å². The topological polar surface area (TPSA) is 64.7 Å². The minimum atomic E-state index is 0.637. The zero-order valence-electron chi connectivity index (χ0n) is 25.2. The van der Waals surface area contributed by atoms with E-state index in [-0.39, 0.29) is 0 Å². The molecule has 3 aromatic heterocycles. The lowest BCUT2D eigenvalue weighted by Crippen LogP contribution is -2.00. The quantitative estimate of drug-likeness (QED) is 0.196.